The molecule has 2 heterocycles. The molecule has 0 atom stereocenters. The van der Waals surface area contributed by atoms with Gasteiger partial charge in [0.1, 0.15) is 17.4 Å². The molecule has 0 spiro atoms. The average molecular weight is 322 g/mol. The largest absolute Gasteiger partial charge is 0.382 e. The van der Waals surface area contributed by atoms with Crippen molar-refractivity contribution in [3.8, 4) is 0 Å². The number of rotatable bonds is 9. The third-order valence-electron chi connectivity index (χ3n) is 4.02. The molecule has 7 heteroatoms. The molecule has 23 heavy (non-hydrogen) atoms. The Morgan fingerprint density at radius 1 is 1.26 bits per heavy atom. The van der Waals surface area contributed by atoms with Crippen molar-refractivity contribution in [2.24, 2.45) is 5.92 Å². The molecule has 1 aliphatic heterocycles. The predicted molar refractivity (Wildman–Crippen MR) is 88.8 cm³/mol. The second kappa shape index (κ2) is 9.42. The maximum absolute atomic E-state index is 11.4. The second-order valence-electron chi connectivity index (χ2n) is 5.66. The van der Waals surface area contributed by atoms with E-state index < -0.39 is 0 Å². The van der Waals surface area contributed by atoms with Gasteiger partial charge in [0.25, 0.3) is 0 Å². The first-order valence-corrected chi connectivity index (χ1v) is 8.08. The summed E-state index contributed by atoms with van der Waals surface area (Å²) in [6.07, 6.45) is 5.31. The normalized spacial score (nSPS) is 15.7. The van der Waals surface area contributed by atoms with Crippen molar-refractivity contribution in [2.75, 3.05) is 56.8 Å². The van der Waals surface area contributed by atoms with Crippen molar-refractivity contribution in [3.05, 3.63) is 12.4 Å². The molecule has 1 N–H and O–H groups in total. The van der Waals surface area contributed by atoms with Crippen LogP contribution < -0.4 is 10.2 Å². The molecule has 1 aliphatic rings. The van der Waals surface area contributed by atoms with Gasteiger partial charge in [-0.3, -0.25) is 4.79 Å². The third-order valence-corrected chi connectivity index (χ3v) is 4.02. The molecule has 1 aromatic heterocycles. The van der Waals surface area contributed by atoms with Crippen molar-refractivity contribution < 1.29 is 14.3 Å². The number of ether oxygens (including phenoxy) is 2. The van der Waals surface area contributed by atoms with Gasteiger partial charge in [0, 0.05) is 32.7 Å². The van der Waals surface area contributed by atoms with Crippen LogP contribution in [0.25, 0.3) is 0 Å². The molecule has 0 radical (unpaired) electrons. The number of hydrogen-bond acceptors (Lipinski definition) is 7. The van der Waals surface area contributed by atoms with Gasteiger partial charge in [-0.1, -0.05) is 0 Å². The molecule has 0 amide bonds. The molecule has 2 rings (SSSR count). The minimum atomic E-state index is 0.207. The highest BCUT2D eigenvalue weighted by atomic mass is 16.5. The summed E-state index contributed by atoms with van der Waals surface area (Å²) in [6, 6.07) is 0. The molecule has 0 aliphatic carbocycles. The Balaban J connectivity index is 1.71. The van der Waals surface area contributed by atoms with E-state index in [1.54, 1.807) is 26.4 Å². The van der Waals surface area contributed by atoms with E-state index in [1.165, 1.54) is 0 Å². The highest BCUT2D eigenvalue weighted by Crippen LogP contribution is 2.22. The number of ketones is 1. The summed E-state index contributed by atoms with van der Waals surface area (Å²) in [5.41, 5.74) is 0. The number of carbonyl (C=O) groups excluding carboxylic acids is 1. The SMILES string of the molecule is COCCOCCNc1cnc(N2CCC(C(C)=O)CC2)cn1. The van der Waals surface area contributed by atoms with Crippen molar-refractivity contribution in [2.45, 2.75) is 19.8 Å². The quantitative estimate of drug-likeness (QED) is 0.688. The van der Waals surface area contributed by atoms with Crippen molar-refractivity contribution in [1.82, 2.24) is 9.97 Å². The zero-order valence-corrected chi connectivity index (χ0v) is 14.0. The van der Waals surface area contributed by atoms with Gasteiger partial charge in [-0.25, -0.2) is 9.97 Å². The molecule has 1 fully saturated rings. The molecule has 128 valence electrons. The fourth-order valence-electron chi connectivity index (χ4n) is 2.59. The van der Waals surface area contributed by atoms with Crippen molar-refractivity contribution in [1.29, 1.82) is 0 Å². The first kappa shape index (κ1) is 17.6. The second-order valence-corrected chi connectivity index (χ2v) is 5.66. The van der Waals surface area contributed by atoms with E-state index in [-0.39, 0.29) is 5.92 Å². The number of Topliss-reactive ketones (excluding diaryl/α,β-unsaturated/α-hetero) is 1. The lowest BCUT2D eigenvalue weighted by molar-refractivity contribution is -0.121. The van der Waals surface area contributed by atoms with E-state index in [2.05, 4.69) is 20.2 Å². The number of nitrogens with one attached hydrogen (secondary N) is 1. The van der Waals surface area contributed by atoms with Gasteiger partial charge in [-0.15, -0.1) is 0 Å². The van der Waals surface area contributed by atoms with E-state index in [1.807, 2.05) is 0 Å². The lowest BCUT2D eigenvalue weighted by atomic mass is 9.93. The van der Waals surface area contributed by atoms with Crippen LogP contribution in [0.3, 0.4) is 0 Å². The average Bonchev–Trinajstić information content (AvgIpc) is 2.58. The summed E-state index contributed by atoms with van der Waals surface area (Å²) in [5.74, 6) is 2.11. The molecular formula is C16H26N4O3. The van der Waals surface area contributed by atoms with Crippen LogP contribution in [0, 0.1) is 5.92 Å². The first-order valence-electron chi connectivity index (χ1n) is 8.08. The van der Waals surface area contributed by atoms with Crippen molar-refractivity contribution >= 4 is 17.4 Å². The molecule has 7 nitrogen and oxygen atoms in total. The fourth-order valence-corrected chi connectivity index (χ4v) is 2.59. The summed E-state index contributed by atoms with van der Waals surface area (Å²) in [6.45, 7) is 5.89. The molecule has 0 unspecified atom stereocenters. The Hall–Kier alpha value is -1.73. The van der Waals surface area contributed by atoms with Gasteiger partial charge in [-0.05, 0) is 19.8 Å². The van der Waals surface area contributed by atoms with E-state index in [0.29, 0.717) is 32.1 Å². The first-order chi connectivity index (χ1) is 11.2. The Morgan fingerprint density at radius 2 is 2.04 bits per heavy atom. The van der Waals surface area contributed by atoms with E-state index >= 15 is 0 Å². The summed E-state index contributed by atoms with van der Waals surface area (Å²) >= 11 is 0. The lowest BCUT2D eigenvalue weighted by Crippen LogP contribution is -2.36. The van der Waals surface area contributed by atoms with Crippen LogP contribution in [-0.4, -0.2) is 62.3 Å². The van der Waals surface area contributed by atoms with E-state index in [0.717, 1.165) is 37.6 Å². The number of aromatic nitrogens is 2. The molecule has 0 bridgehead atoms. The van der Waals surface area contributed by atoms with E-state index in [4.69, 9.17) is 9.47 Å². The Bertz CT molecular complexity index is 473. The number of methoxy groups -OCH3 is 1. The summed E-state index contributed by atoms with van der Waals surface area (Å²) in [4.78, 5) is 22.4. The van der Waals surface area contributed by atoms with Crippen LogP contribution in [0.15, 0.2) is 12.4 Å². The summed E-state index contributed by atoms with van der Waals surface area (Å²) < 4.78 is 10.3. The number of piperidine rings is 1. The number of nitrogens with zero attached hydrogens (tertiary/aromatic N) is 3. The zero-order valence-electron chi connectivity index (χ0n) is 14.0. The van der Waals surface area contributed by atoms with E-state index in [9.17, 15) is 4.79 Å². The van der Waals surface area contributed by atoms with Crippen LogP contribution in [-0.2, 0) is 14.3 Å². The smallest absolute Gasteiger partial charge is 0.147 e. The predicted octanol–water partition coefficient (Wildman–Crippen LogP) is 1.36. The number of carbonyl (C=O) groups is 1. The van der Waals surface area contributed by atoms with Gasteiger partial charge in [0.15, 0.2) is 0 Å². The van der Waals surface area contributed by atoms with Gasteiger partial charge < -0.3 is 19.7 Å². The van der Waals surface area contributed by atoms with Crippen LogP contribution in [0.5, 0.6) is 0 Å². The topological polar surface area (TPSA) is 76.6 Å². The maximum Gasteiger partial charge on any atom is 0.147 e. The van der Waals surface area contributed by atoms with Crippen LogP contribution in [0.1, 0.15) is 19.8 Å². The third kappa shape index (κ3) is 5.76. The monoisotopic (exact) mass is 322 g/mol. The Kier molecular flexibility index (Phi) is 7.22. The van der Waals surface area contributed by atoms with Gasteiger partial charge in [-0.2, -0.15) is 0 Å². The van der Waals surface area contributed by atoms with Crippen LogP contribution >= 0.6 is 0 Å². The van der Waals surface area contributed by atoms with Gasteiger partial charge >= 0.3 is 0 Å². The molecule has 0 aromatic carbocycles. The minimum Gasteiger partial charge on any atom is -0.382 e. The Morgan fingerprint density at radius 3 is 2.65 bits per heavy atom. The minimum absolute atomic E-state index is 0.207. The molecule has 1 saturated heterocycles. The standard InChI is InChI=1S/C16H26N4O3/c1-13(21)14-3-6-20(7-4-14)16-12-18-15(11-19-16)17-5-8-23-10-9-22-2/h11-12,14H,3-10H2,1-2H3,(H,17,18). The van der Waals surface area contributed by atoms with Gasteiger partial charge in [0.2, 0.25) is 0 Å². The molecule has 0 saturated carbocycles. The highest BCUT2D eigenvalue weighted by Gasteiger charge is 2.23. The number of hydrogen-bond donors (Lipinski definition) is 1. The molecule has 1 aromatic rings. The van der Waals surface area contributed by atoms with Crippen LogP contribution in [0.4, 0.5) is 11.6 Å². The zero-order chi connectivity index (χ0) is 16.5. The highest BCUT2D eigenvalue weighted by molar-refractivity contribution is 5.78. The van der Waals surface area contributed by atoms with Crippen molar-refractivity contribution in [3.63, 3.8) is 0 Å². The summed E-state index contributed by atoms with van der Waals surface area (Å²) in [5, 5.41) is 3.17. The van der Waals surface area contributed by atoms with Crippen LogP contribution in [0.2, 0.25) is 0 Å². The number of anilines is 2. The Labute approximate surface area is 137 Å². The fraction of sp³-hybridized carbons (Fsp3) is 0.688. The molecular weight excluding hydrogens is 296 g/mol. The lowest BCUT2D eigenvalue weighted by Gasteiger charge is -2.31. The van der Waals surface area contributed by atoms with Gasteiger partial charge in [0.05, 0.1) is 32.2 Å². The summed E-state index contributed by atoms with van der Waals surface area (Å²) in [7, 11) is 1.65. The maximum atomic E-state index is 11.4.